The molecule has 9 nitrogen and oxygen atoms in total. The molecule has 0 aromatic heterocycles. The van der Waals surface area contributed by atoms with E-state index >= 15 is 0 Å². The Morgan fingerprint density at radius 3 is 0.876 bits per heavy atom. The normalized spacial score (nSPS) is 13.4. The topological polar surface area (TPSA) is 108 Å². The molecular formula is C88H152NO8+. The maximum atomic E-state index is 13.0. The number of nitrogens with zero attached hydrogens (tertiary/aromatic N) is 1. The van der Waals surface area contributed by atoms with Crippen LogP contribution in [0.3, 0.4) is 0 Å². The van der Waals surface area contributed by atoms with Crippen molar-refractivity contribution < 1.29 is 42.9 Å². The lowest BCUT2D eigenvalue weighted by atomic mass is 10.0. The van der Waals surface area contributed by atoms with Gasteiger partial charge in [-0.1, -0.05) is 353 Å². The summed E-state index contributed by atoms with van der Waals surface area (Å²) in [5.74, 6) is -2.00. The predicted molar refractivity (Wildman–Crippen MR) is 419 cm³/mol. The largest absolute Gasteiger partial charge is 0.477 e. The van der Waals surface area contributed by atoms with Gasteiger partial charge in [-0.25, -0.2) is 4.79 Å². The van der Waals surface area contributed by atoms with E-state index in [1.165, 1.54) is 218 Å². The zero-order valence-electron chi connectivity index (χ0n) is 63.7. The first-order valence-electron chi connectivity index (χ1n) is 40.3. The molecule has 0 saturated heterocycles. The molecule has 0 fully saturated rings. The number of carboxylic acids is 1. The van der Waals surface area contributed by atoms with Gasteiger partial charge in [-0.2, -0.15) is 0 Å². The summed E-state index contributed by atoms with van der Waals surface area (Å²) in [6, 6.07) is 0. The van der Waals surface area contributed by atoms with E-state index in [4.69, 9.17) is 18.9 Å². The number of hydrogen-bond donors (Lipinski definition) is 1. The van der Waals surface area contributed by atoms with Crippen LogP contribution in [-0.4, -0.2) is 87.4 Å². The molecule has 0 aliphatic rings. The number of quaternary nitrogens is 1. The summed E-state index contributed by atoms with van der Waals surface area (Å²) in [5.41, 5.74) is 0. The van der Waals surface area contributed by atoms with E-state index in [0.717, 1.165) is 103 Å². The maximum Gasteiger partial charge on any atom is 0.361 e. The number of rotatable bonds is 74. The standard InChI is InChI=1S/C88H151NO8/c1-6-8-10-12-14-16-18-20-22-24-26-28-30-32-34-36-38-40-41-42-43-44-45-47-49-51-53-55-57-59-61-63-65-67-69-71-73-75-77-79-86(91)97-84(83-96-88(87(92)93)94-81-80-89(3,4)5)82-95-85(90)78-76-74-72-70-68-66-64-62-60-58-56-54-52-50-48-46-39-37-35-33-31-29-27-25-23-21-19-17-15-13-11-9-7-2/h8,10,14,16,19-22,25-28,31-34,38,40,42-43,45,47,84,88H,6-7,9,11-13,15,17-18,23-24,29-30,35-37,39,41,44,46,48-83H2,1-5H3/p+1/b10-8-,16-14-,21-19-,22-20-,27-25-,28-26-,33-31-,34-32-,40-38-,43-42-,47-45-. The van der Waals surface area contributed by atoms with Crippen molar-refractivity contribution >= 4 is 17.9 Å². The van der Waals surface area contributed by atoms with Crippen LogP contribution in [0, 0.1) is 0 Å². The minimum atomic E-state index is -1.52. The molecule has 0 heterocycles. The monoisotopic (exact) mass is 1350 g/mol. The van der Waals surface area contributed by atoms with Crippen molar-refractivity contribution in [2.24, 2.45) is 0 Å². The van der Waals surface area contributed by atoms with Gasteiger partial charge in [0.1, 0.15) is 13.2 Å². The zero-order chi connectivity index (χ0) is 70.4. The second-order valence-corrected chi connectivity index (χ2v) is 28.0. The third kappa shape index (κ3) is 78.6. The number of aliphatic carboxylic acids is 1. The number of carbonyl (C=O) groups excluding carboxylic acids is 2. The van der Waals surface area contributed by atoms with E-state index in [1.807, 2.05) is 21.1 Å². The first-order valence-corrected chi connectivity index (χ1v) is 40.3. The fourth-order valence-electron chi connectivity index (χ4n) is 11.3. The van der Waals surface area contributed by atoms with Crippen LogP contribution in [0.2, 0.25) is 0 Å². The van der Waals surface area contributed by atoms with Gasteiger partial charge in [0.25, 0.3) is 6.29 Å². The van der Waals surface area contributed by atoms with Gasteiger partial charge >= 0.3 is 17.9 Å². The van der Waals surface area contributed by atoms with Crippen molar-refractivity contribution in [2.75, 3.05) is 47.5 Å². The average molecular weight is 1350 g/mol. The molecule has 0 aromatic rings. The van der Waals surface area contributed by atoms with Crippen molar-refractivity contribution in [1.29, 1.82) is 0 Å². The van der Waals surface area contributed by atoms with Crippen LogP contribution >= 0.6 is 0 Å². The second-order valence-electron chi connectivity index (χ2n) is 28.0. The minimum absolute atomic E-state index is 0.184. The summed E-state index contributed by atoms with van der Waals surface area (Å²) in [4.78, 5) is 37.8. The molecule has 97 heavy (non-hydrogen) atoms. The number of unbranched alkanes of at least 4 members (excludes halogenated alkanes) is 37. The minimum Gasteiger partial charge on any atom is -0.477 e. The van der Waals surface area contributed by atoms with Gasteiger partial charge in [-0.05, 0) is 116 Å². The molecule has 0 saturated carbocycles. The molecule has 556 valence electrons. The smallest absolute Gasteiger partial charge is 0.361 e. The van der Waals surface area contributed by atoms with Gasteiger partial charge in [-0.15, -0.1) is 0 Å². The van der Waals surface area contributed by atoms with Gasteiger partial charge in [0.15, 0.2) is 6.10 Å². The van der Waals surface area contributed by atoms with E-state index < -0.39 is 24.3 Å². The van der Waals surface area contributed by atoms with Crippen LogP contribution in [0.4, 0.5) is 0 Å². The van der Waals surface area contributed by atoms with E-state index in [-0.39, 0.29) is 32.2 Å². The Bertz CT molecular complexity index is 2060. The van der Waals surface area contributed by atoms with Crippen molar-refractivity contribution in [2.45, 2.75) is 360 Å². The summed E-state index contributed by atoms with van der Waals surface area (Å²) in [6.45, 7) is 4.78. The number of likely N-dealkylation sites (N-methyl/N-ethyl adjacent to an activating group) is 1. The molecule has 0 rings (SSSR count). The van der Waals surface area contributed by atoms with Crippen molar-refractivity contribution in [3.8, 4) is 0 Å². The third-order valence-electron chi connectivity index (χ3n) is 17.4. The molecule has 0 aliphatic carbocycles. The molecule has 0 radical (unpaired) electrons. The van der Waals surface area contributed by atoms with Crippen LogP contribution in [0.25, 0.3) is 0 Å². The number of carbonyl (C=O) groups is 3. The lowest BCUT2D eigenvalue weighted by Crippen LogP contribution is -2.40. The highest BCUT2D eigenvalue weighted by Gasteiger charge is 2.25. The quantitative estimate of drug-likeness (QED) is 0.0211. The number of esters is 2. The maximum absolute atomic E-state index is 13.0. The Labute approximate surface area is 599 Å². The van der Waals surface area contributed by atoms with Gasteiger partial charge in [-0.3, -0.25) is 9.59 Å². The highest BCUT2D eigenvalue weighted by Crippen LogP contribution is 2.18. The summed E-state index contributed by atoms with van der Waals surface area (Å²) in [7, 11) is 5.99. The van der Waals surface area contributed by atoms with E-state index in [1.54, 1.807) is 0 Å². The lowest BCUT2D eigenvalue weighted by molar-refractivity contribution is -0.870. The highest BCUT2D eigenvalue weighted by molar-refractivity contribution is 5.71. The Balaban J connectivity index is 4.05. The van der Waals surface area contributed by atoms with Gasteiger partial charge in [0.05, 0.1) is 34.4 Å². The van der Waals surface area contributed by atoms with Gasteiger partial charge in [0, 0.05) is 12.8 Å². The Morgan fingerprint density at radius 2 is 0.588 bits per heavy atom. The van der Waals surface area contributed by atoms with Gasteiger partial charge in [0.2, 0.25) is 0 Å². The summed E-state index contributed by atoms with van der Waals surface area (Å²) < 4.78 is 23.1. The molecule has 0 aromatic carbocycles. The van der Waals surface area contributed by atoms with Crippen molar-refractivity contribution in [3.63, 3.8) is 0 Å². The fourth-order valence-corrected chi connectivity index (χ4v) is 11.3. The van der Waals surface area contributed by atoms with E-state index in [2.05, 4.69) is 148 Å². The zero-order valence-corrected chi connectivity index (χ0v) is 63.7. The Hall–Kier alpha value is -4.57. The summed E-state index contributed by atoms with van der Waals surface area (Å²) in [5, 5.41) is 9.78. The second kappa shape index (κ2) is 77.2. The van der Waals surface area contributed by atoms with Crippen LogP contribution in [0.5, 0.6) is 0 Å². The lowest BCUT2D eigenvalue weighted by Gasteiger charge is -2.25. The number of allylic oxidation sites excluding steroid dienone is 22. The first-order chi connectivity index (χ1) is 47.6. The summed E-state index contributed by atoms with van der Waals surface area (Å²) >= 11 is 0. The molecule has 0 spiro atoms. The third-order valence-corrected chi connectivity index (χ3v) is 17.4. The molecule has 0 aliphatic heterocycles. The van der Waals surface area contributed by atoms with Crippen molar-refractivity contribution in [3.05, 3.63) is 134 Å². The molecule has 2 unspecified atom stereocenters. The molecule has 1 N–H and O–H groups in total. The highest BCUT2D eigenvalue weighted by atomic mass is 16.7. The Kier molecular flexibility index (Phi) is 73.5. The summed E-state index contributed by atoms with van der Waals surface area (Å²) in [6.07, 6.45) is 109. The van der Waals surface area contributed by atoms with E-state index in [9.17, 15) is 19.5 Å². The molecule has 9 heteroatoms. The Morgan fingerprint density at radius 1 is 0.320 bits per heavy atom. The molecular weight excluding hydrogens is 1200 g/mol. The van der Waals surface area contributed by atoms with Crippen molar-refractivity contribution in [1.82, 2.24) is 0 Å². The molecule has 2 atom stereocenters. The van der Waals surface area contributed by atoms with Gasteiger partial charge < -0.3 is 28.5 Å². The number of carboxylic acid groups (broad SMARTS) is 1. The predicted octanol–water partition coefficient (Wildman–Crippen LogP) is 26.0. The number of ether oxygens (including phenoxy) is 4. The van der Waals surface area contributed by atoms with Crippen LogP contribution < -0.4 is 0 Å². The molecule has 0 amide bonds. The first kappa shape index (κ1) is 92.4. The SMILES string of the molecule is CC/C=C\C/C=C\C/C=C\C/C=C\C/C=C\C/C=C\C/C=C\C/C=C\CCCCCCCCCCCCCCCCC(=O)OC(COC(=O)CCCCCCCCCCCCCCCCCCCC/C=C\C/C=C\C/C=C\CCCCCCC)COC(OCC[N+](C)(C)C)C(=O)O. The van der Waals surface area contributed by atoms with E-state index in [0.29, 0.717) is 17.4 Å². The fraction of sp³-hybridized carbons (Fsp3) is 0.716. The number of hydrogen-bond acceptors (Lipinski definition) is 7. The van der Waals surface area contributed by atoms with Crippen LogP contribution in [0.15, 0.2) is 134 Å². The molecule has 0 bridgehead atoms. The average Bonchev–Trinajstić information content (AvgIpc) is 2.39. The van der Waals surface area contributed by atoms with Crippen LogP contribution in [0.1, 0.15) is 348 Å². The van der Waals surface area contributed by atoms with Crippen LogP contribution in [-0.2, 0) is 33.3 Å².